The maximum atomic E-state index is 9.58. The van der Waals surface area contributed by atoms with Crippen LogP contribution in [-0.2, 0) is 14.3 Å². The number of carboxylic acid groups (broad SMARTS) is 2. The number of aliphatic hydroxyl groups is 2. The third kappa shape index (κ3) is 29.7. The standard InChI is InChI=1S/C14H30O2.C4H6O5.2C4H9.Sn/c1-5-6-7-8-9-10-11-16-13(2)14(3,4)12-15;5-2(4(8)9)1-3(6)7;2*1-3-4-2;/h13,15H,5-12H2,1-4H3;2,5H,1H2,(H,6,7)(H,8,9);2*1,3-4H2,2H3;/q;;;;+2/p-2. The SMILES string of the molecule is CCCCCCCCOC(C)C(C)(C)CO.CCC[CH2][Sn+2][CH2]CCC.O=C([O-])CC(O)C(=O)[O-]. The molecule has 0 saturated carbocycles. The first kappa shape index (κ1) is 38.2. The van der Waals surface area contributed by atoms with Crippen LogP contribution >= 0.6 is 0 Å². The molecule has 0 aromatic carbocycles. The van der Waals surface area contributed by atoms with Gasteiger partial charge in [-0.15, -0.1) is 0 Å². The largest absolute Gasteiger partial charge is 0.550 e. The number of carbonyl (C=O) groups is 2. The van der Waals surface area contributed by atoms with E-state index >= 15 is 0 Å². The van der Waals surface area contributed by atoms with Crippen LogP contribution in [0.1, 0.15) is 112 Å². The summed E-state index contributed by atoms with van der Waals surface area (Å²) in [6.07, 6.45) is 10.8. The summed E-state index contributed by atoms with van der Waals surface area (Å²) < 4.78 is 8.99. The summed E-state index contributed by atoms with van der Waals surface area (Å²) >= 11 is 0.149. The van der Waals surface area contributed by atoms with E-state index in [4.69, 9.17) is 9.84 Å². The minimum Gasteiger partial charge on any atom is -0.550 e. The molecule has 0 aromatic rings. The quantitative estimate of drug-likeness (QED) is 0.173. The van der Waals surface area contributed by atoms with Crippen molar-refractivity contribution in [2.75, 3.05) is 13.2 Å². The van der Waals surface area contributed by atoms with Crippen molar-refractivity contribution in [1.82, 2.24) is 0 Å². The number of ether oxygens (including phenoxy) is 1. The van der Waals surface area contributed by atoms with E-state index in [0.29, 0.717) is 0 Å². The van der Waals surface area contributed by atoms with Crippen molar-refractivity contribution in [2.45, 2.75) is 133 Å². The monoisotopic (exact) mass is 596 g/mol. The third-order valence-electron chi connectivity index (χ3n) is 5.42. The molecule has 0 radical (unpaired) electrons. The van der Waals surface area contributed by atoms with Crippen molar-refractivity contribution in [3.63, 3.8) is 0 Å². The molecule has 2 N–H and O–H groups in total. The summed E-state index contributed by atoms with van der Waals surface area (Å²) in [6.45, 7) is 14.0. The second kappa shape index (κ2) is 27.2. The summed E-state index contributed by atoms with van der Waals surface area (Å²) in [5.74, 6) is -3.43. The number of rotatable bonds is 19. The Balaban J connectivity index is -0.000000457. The topological polar surface area (TPSA) is 130 Å². The zero-order valence-electron chi connectivity index (χ0n) is 22.7. The maximum absolute atomic E-state index is 9.58. The Labute approximate surface area is 219 Å². The fourth-order valence-electron chi connectivity index (χ4n) is 2.47. The molecule has 0 bridgehead atoms. The first-order chi connectivity index (χ1) is 16.0. The van der Waals surface area contributed by atoms with Gasteiger partial charge in [0, 0.05) is 24.4 Å². The van der Waals surface area contributed by atoms with Gasteiger partial charge in [0.1, 0.15) is 0 Å². The fourth-order valence-corrected chi connectivity index (χ4v) is 6.63. The van der Waals surface area contributed by atoms with Crippen LogP contribution in [0, 0.1) is 5.41 Å². The molecule has 8 heteroatoms. The molecule has 0 aromatic heterocycles. The molecular formula is C26H52O7Sn. The fraction of sp³-hybridized carbons (Fsp3) is 0.923. The van der Waals surface area contributed by atoms with Gasteiger partial charge in [0.15, 0.2) is 0 Å². The summed E-state index contributed by atoms with van der Waals surface area (Å²) in [5, 5.41) is 36.5. The normalized spacial score (nSPS) is 12.4. The Morgan fingerprint density at radius 3 is 1.74 bits per heavy atom. The molecule has 0 rings (SSSR count). The van der Waals surface area contributed by atoms with Gasteiger partial charge in [-0.2, -0.15) is 0 Å². The predicted octanol–water partition coefficient (Wildman–Crippen LogP) is 3.14. The van der Waals surface area contributed by atoms with Gasteiger partial charge in [0.2, 0.25) is 0 Å². The van der Waals surface area contributed by atoms with Crippen molar-refractivity contribution in [3.8, 4) is 0 Å². The second-order valence-corrected chi connectivity index (χ2v) is 13.6. The molecule has 2 unspecified atom stereocenters. The van der Waals surface area contributed by atoms with Crippen molar-refractivity contribution in [2.24, 2.45) is 5.41 Å². The van der Waals surface area contributed by atoms with Crippen LogP contribution in [0.3, 0.4) is 0 Å². The van der Waals surface area contributed by atoms with E-state index in [2.05, 4.69) is 20.8 Å². The molecule has 34 heavy (non-hydrogen) atoms. The molecule has 2 atom stereocenters. The average Bonchev–Trinajstić information content (AvgIpc) is 2.78. The first-order valence-corrected chi connectivity index (χ1v) is 17.1. The Morgan fingerprint density at radius 2 is 1.35 bits per heavy atom. The smallest absolute Gasteiger partial charge is 0.0985 e. The van der Waals surface area contributed by atoms with Crippen LogP contribution in [-0.4, -0.2) is 68.7 Å². The van der Waals surface area contributed by atoms with Crippen LogP contribution in [0.25, 0.3) is 0 Å². The molecule has 0 aliphatic heterocycles. The first-order valence-electron chi connectivity index (χ1n) is 13.0. The second-order valence-electron chi connectivity index (χ2n) is 9.30. The predicted molar refractivity (Wildman–Crippen MR) is 135 cm³/mol. The van der Waals surface area contributed by atoms with Crippen molar-refractivity contribution < 1.29 is 34.8 Å². The van der Waals surface area contributed by atoms with E-state index in [1.807, 2.05) is 20.8 Å². The average molecular weight is 595 g/mol. The van der Waals surface area contributed by atoms with Gasteiger partial charge >= 0.3 is 69.5 Å². The van der Waals surface area contributed by atoms with Crippen LogP contribution in [0.4, 0.5) is 0 Å². The number of hydrogen-bond donors (Lipinski definition) is 2. The number of hydrogen-bond acceptors (Lipinski definition) is 7. The van der Waals surface area contributed by atoms with Gasteiger partial charge in [-0.1, -0.05) is 52.9 Å². The molecular weight excluding hydrogens is 543 g/mol. The molecule has 0 fully saturated rings. The summed E-state index contributed by atoms with van der Waals surface area (Å²) in [5.41, 5.74) is -0.123. The van der Waals surface area contributed by atoms with Crippen LogP contribution < -0.4 is 10.2 Å². The van der Waals surface area contributed by atoms with E-state index in [-0.39, 0.29) is 39.3 Å². The van der Waals surface area contributed by atoms with Crippen LogP contribution in [0.15, 0.2) is 0 Å². The zero-order chi connectivity index (χ0) is 26.8. The number of aliphatic hydroxyl groups excluding tert-OH is 2. The van der Waals surface area contributed by atoms with E-state index in [0.717, 1.165) is 13.0 Å². The van der Waals surface area contributed by atoms with Gasteiger partial charge in [-0.05, 0) is 13.3 Å². The Morgan fingerprint density at radius 1 is 0.882 bits per heavy atom. The summed E-state index contributed by atoms with van der Waals surface area (Å²) in [6, 6.07) is 0. The Bertz CT molecular complexity index is 452. The van der Waals surface area contributed by atoms with Gasteiger partial charge < -0.3 is 34.8 Å². The van der Waals surface area contributed by atoms with Gasteiger partial charge in [-0.25, -0.2) is 0 Å². The number of carbonyl (C=O) groups excluding carboxylic acids is 2. The summed E-state index contributed by atoms with van der Waals surface area (Å²) in [7, 11) is 0. The van der Waals surface area contributed by atoms with Crippen molar-refractivity contribution in [3.05, 3.63) is 0 Å². The number of aliphatic carboxylic acids is 2. The minimum absolute atomic E-state index is 0.123. The van der Waals surface area contributed by atoms with Crippen LogP contribution in [0.2, 0.25) is 8.87 Å². The van der Waals surface area contributed by atoms with E-state index in [1.165, 1.54) is 57.8 Å². The van der Waals surface area contributed by atoms with E-state index in [9.17, 15) is 24.9 Å². The van der Waals surface area contributed by atoms with Gasteiger partial charge in [0.25, 0.3) is 0 Å². The molecule has 202 valence electrons. The molecule has 0 amide bonds. The Kier molecular flexibility index (Phi) is 30.5. The molecule has 0 aliphatic carbocycles. The molecule has 0 saturated heterocycles. The summed E-state index contributed by atoms with van der Waals surface area (Å²) in [4.78, 5) is 19.1. The molecule has 0 heterocycles. The van der Waals surface area contributed by atoms with Crippen molar-refractivity contribution in [1.29, 1.82) is 0 Å². The van der Waals surface area contributed by atoms with Gasteiger partial charge in [-0.3, -0.25) is 0 Å². The number of carboxylic acids is 2. The van der Waals surface area contributed by atoms with E-state index < -0.39 is 24.5 Å². The van der Waals surface area contributed by atoms with E-state index in [1.54, 1.807) is 8.87 Å². The van der Waals surface area contributed by atoms with Crippen molar-refractivity contribution >= 4 is 33.1 Å². The minimum atomic E-state index is -1.96. The number of unbranched alkanes of at least 4 members (excludes halogenated alkanes) is 7. The van der Waals surface area contributed by atoms with Crippen LogP contribution in [0.5, 0.6) is 0 Å². The zero-order valence-corrected chi connectivity index (χ0v) is 25.6. The van der Waals surface area contributed by atoms with Gasteiger partial charge in [0.05, 0.1) is 24.8 Å². The molecule has 7 nitrogen and oxygen atoms in total. The molecule has 0 aliphatic rings. The maximum Gasteiger partial charge on any atom is 0.0985 e. The Hall–Kier alpha value is -0.381. The molecule has 0 spiro atoms. The third-order valence-corrected chi connectivity index (χ3v) is 9.46.